The first-order valence-electron chi connectivity index (χ1n) is 8.11. The third-order valence-corrected chi connectivity index (χ3v) is 4.45. The van der Waals surface area contributed by atoms with E-state index in [4.69, 9.17) is 5.73 Å². The normalized spacial score (nSPS) is 17.9. The van der Waals surface area contributed by atoms with Gasteiger partial charge in [-0.15, -0.1) is 0 Å². The van der Waals surface area contributed by atoms with Crippen LogP contribution in [0.15, 0.2) is 18.2 Å². The van der Waals surface area contributed by atoms with Gasteiger partial charge < -0.3 is 10.6 Å². The maximum Gasteiger partial charge on any atom is 0.294 e. The van der Waals surface area contributed by atoms with Crippen molar-refractivity contribution in [3.05, 3.63) is 40.0 Å². The zero-order chi connectivity index (χ0) is 17.3. The molecule has 2 aromatic rings. The van der Waals surface area contributed by atoms with E-state index in [0.29, 0.717) is 17.3 Å². The van der Waals surface area contributed by atoms with Gasteiger partial charge in [0.15, 0.2) is 0 Å². The highest BCUT2D eigenvalue weighted by molar-refractivity contribution is 5.68. The molecule has 2 heterocycles. The molecule has 8 heteroatoms. The van der Waals surface area contributed by atoms with Gasteiger partial charge in [-0.3, -0.25) is 10.1 Å². The molecule has 2 N–H and O–H groups in total. The number of anilines is 2. The standard InChI is InChI=1S/C16H22N6O2/c1-11-18-12(2)21(19-11)10-13-4-3-7-20(9-13)15-6-5-14(17)8-16(15)22(23)24/h5-6,8,13H,3-4,7,9-10,17H2,1-2H3/t13-/m1/s1. The van der Waals surface area contributed by atoms with Crippen LogP contribution < -0.4 is 10.6 Å². The van der Waals surface area contributed by atoms with Crippen LogP contribution in [0, 0.1) is 29.9 Å². The molecule has 1 aliphatic rings. The highest BCUT2D eigenvalue weighted by Crippen LogP contribution is 2.33. The smallest absolute Gasteiger partial charge is 0.294 e. The molecule has 1 aromatic carbocycles. The quantitative estimate of drug-likeness (QED) is 0.524. The zero-order valence-corrected chi connectivity index (χ0v) is 14.0. The van der Waals surface area contributed by atoms with Crippen LogP contribution in [0.1, 0.15) is 24.5 Å². The van der Waals surface area contributed by atoms with E-state index in [9.17, 15) is 10.1 Å². The number of nitrogens with zero attached hydrogens (tertiary/aromatic N) is 5. The van der Waals surface area contributed by atoms with Crippen molar-refractivity contribution in [1.82, 2.24) is 14.8 Å². The largest absolute Gasteiger partial charge is 0.399 e. The average Bonchev–Trinajstić information content (AvgIpc) is 2.85. The molecule has 1 fully saturated rings. The van der Waals surface area contributed by atoms with Crippen LogP contribution in [0.25, 0.3) is 0 Å². The Morgan fingerprint density at radius 2 is 2.21 bits per heavy atom. The second-order valence-corrected chi connectivity index (χ2v) is 6.35. The summed E-state index contributed by atoms with van der Waals surface area (Å²) < 4.78 is 1.93. The zero-order valence-electron chi connectivity index (χ0n) is 14.0. The summed E-state index contributed by atoms with van der Waals surface area (Å²) >= 11 is 0. The second-order valence-electron chi connectivity index (χ2n) is 6.35. The van der Waals surface area contributed by atoms with Gasteiger partial charge in [0.2, 0.25) is 0 Å². The fourth-order valence-electron chi connectivity index (χ4n) is 3.37. The topological polar surface area (TPSA) is 103 Å². The molecule has 1 aliphatic heterocycles. The monoisotopic (exact) mass is 330 g/mol. The fraction of sp³-hybridized carbons (Fsp3) is 0.500. The molecule has 1 aromatic heterocycles. The number of nitro benzene ring substituents is 1. The van der Waals surface area contributed by atoms with Gasteiger partial charge in [0.25, 0.3) is 5.69 Å². The van der Waals surface area contributed by atoms with E-state index >= 15 is 0 Å². The third-order valence-electron chi connectivity index (χ3n) is 4.45. The van der Waals surface area contributed by atoms with Gasteiger partial charge >= 0.3 is 0 Å². The van der Waals surface area contributed by atoms with Crippen molar-refractivity contribution in [2.75, 3.05) is 23.7 Å². The lowest BCUT2D eigenvalue weighted by Gasteiger charge is -2.34. The van der Waals surface area contributed by atoms with Crippen molar-refractivity contribution in [2.45, 2.75) is 33.2 Å². The summed E-state index contributed by atoms with van der Waals surface area (Å²) in [5, 5.41) is 15.8. The molecule has 128 valence electrons. The molecule has 3 rings (SSSR count). The number of hydrogen-bond donors (Lipinski definition) is 1. The Morgan fingerprint density at radius 1 is 1.42 bits per heavy atom. The van der Waals surface area contributed by atoms with Gasteiger partial charge in [0, 0.05) is 31.4 Å². The summed E-state index contributed by atoms with van der Waals surface area (Å²) in [7, 11) is 0. The van der Waals surface area contributed by atoms with Crippen molar-refractivity contribution >= 4 is 17.1 Å². The van der Waals surface area contributed by atoms with Crippen LogP contribution in [0.5, 0.6) is 0 Å². The van der Waals surface area contributed by atoms with Gasteiger partial charge in [-0.1, -0.05) is 0 Å². The number of nitrogens with two attached hydrogens (primary N) is 1. The summed E-state index contributed by atoms with van der Waals surface area (Å²) in [5.74, 6) is 2.06. The summed E-state index contributed by atoms with van der Waals surface area (Å²) in [6.45, 7) is 6.20. The molecule has 0 spiro atoms. The summed E-state index contributed by atoms with van der Waals surface area (Å²) in [4.78, 5) is 17.4. The van der Waals surface area contributed by atoms with E-state index in [2.05, 4.69) is 15.0 Å². The van der Waals surface area contributed by atoms with Crippen LogP contribution in [0.4, 0.5) is 17.1 Å². The minimum atomic E-state index is -0.361. The van der Waals surface area contributed by atoms with E-state index in [0.717, 1.165) is 44.1 Å². The number of rotatable bonds is 4. The van der Waals surface area contributed by atoms with Gasteiger partial charge in [0.05, 0.1) is 4.92 Å². The number of benzene rings is 1. The minimum absolute atomic E-state index is 0.0726. The first-order valence-corrected chi connectivity index (χ1v) is 8.11. The molecule has 0 radical (unpaired) electrons. The van der Waals surface area contributed by atoms with Crippen molar-refractivity contribution in [3.8, 4) is 0 Å². The molecule has 0 amide bonds. The van der Waals surface area contributed by atoms with E-state index in [1.54, 1.807) is 12.1 Å². The number of piperidine rings is 1. The van der Waals surface area contributed by atoms with E-state index in [1.165, 1.54) is 6.07 Å². The Morgan fingerprint density at radius 3 is 2.88 bits per heavy atom. The van der Waals surface area contributed by atoms with Crippen LogP contribution >= 0.6 is 0 Å². The number of hydrogen-bond acceptors (Lipinski definition) is 6. The second kappa shape index (κ2) is 6.46. The summed E-state index contributed by atoms with van der Waals surface area (Å²) in [6.07, 6.45) is 2.08. The molecule has 1 saturated heterocycles. The molecule has 8 nitrogen and oxygen atoms in total. The van der Waals surface area contributed by atoms with Crippen molar-refractivity contribution in [1.29, 1.82) is 0 Å². The highest BCUT2D eigenvalue weighted by Gasteiger charge is 2.26. The number of nitrogen functional groups attached to an aromatic ring is 1. The first-order chi connectivity index (χ1) is 11.4. The average molecular weight is 330 g/mol. The van der Waals surface area contributed by atoms with Crippen molar-refractivity contribution < 1.29 is 4.92 Å². The molecule has 0 bridgehead atoms. The highest BCUT2D eigenvalue weighted by atomic mass is 16.6. The van der Waals surface area contributed by atoms with E-state index in [1.807, 2.05) is 18.5 Å². The lowest BCUT2D eigenvalue weighted by atomic mass is 9.97. The van der Waals surface area contributed by atoms with Gasteiger partial charge in [-0.25, -0.2) is 9.67 Å². The SMILES string of the molecule is Cc1nc(C)n(C[C@@H]2CCCN(c3ccc(N)cc3[N+](=O)[O-])C2)n1. The summed E-state index contributed by atoms with van der Waals surface area (Å²) in [5.41, 5.74) is 6.83. The van der Waals surface area contributed by atoms with E-state index < -0.39 is 0 Å². The Hall–Kier alpha value is -2.64. The number of aromatic nitrogens is 3. The van der Waals surface area contributed by atoms with Gasteiger partial charge in [0.1, 0.15) is 17.3 Å². The molecule has 24 heavy (non-hydrogen) atoms. The molecular weight excluding hydrogens is 308 g/mol. The van der Waals surface area contributed by atoms with Crippen LogP contribution in [0.3, 0.4) is 0 Å². The minimum Gasteiger partial charge on any atom is -0.399 e. The predicted molar refractivity (Wildman–Crippen MR) is 91.9 cm³/mol. The summed E-state index contributed by atoms with van der Waals surface area (Å²) in [6, 6.07) is 4.90. The number of nitro groups is 1. The van der Waals surface area contributed by atoms with Crippen molar-refractivity contribution in [3.63, 3.8) is 0 Å². The molecule has 0 saturated carbocycles. The van der Waals surface area contributed by atoms with Gasteiger partial charge in [-0.2, -0.15) is 5.10 Å². The maximum atomic E-state index is 11.3. The Labute approximate surface area is 140 Å². The fourth-order valence-corrected chi connectivity index (χ4v) is 3.37. The van der Waals surface area contributed by atoms with Crippen LogP contribution in [0.2, 0.25) is 0 Å². The lowest BCUT2D eigenvalue weighted by molar-refractivity contribution is -0.384. The van der Waals surface area contributed by atoms with Crippen LogP contribution in [-0.2, 0) is 6.54 Å². The van der Waals surface area contributed by atoms with E-state index in [-0.39, 0.29) is 10.6 Å². The number of aryl methyl sites for hydroxylation is 2. The lowest BCUT2D eigenvalue weighted by Crippen LogP contribution is -2.37. The molecular formula is C16H22N6O2. The van der Waals surface area contributed by atoms with Crippen LogP contribution in [-0.4, -0.2) is 32.8 Å². The Kier molecular flexibility index (Phi) is 4.37. The maximum absolute atomic E-state index is 11.3. The van der Waals surface area contributed by atoms with Crippen molar-refractivity contribution in [2.24, 2.45) is 5.92 Å². The molecule has 0 aliphatic carbocycles. The predicted octanol–water partition coefficient (Wildman–Crippen LogP) is 2.30. The third kappa shape index (κ3) is 3.32. The molecule has 1 atom stereocenters. The Bertz CT molecular complexity index is 757. The first kappa shape index (κ1) is 16.2. The molecule has 0 unspecified atom stereocenters. The van der Waals surface area contributed by atoms with Gasteiger partial charge in [-0.05, 0) is 44.7 Å². The Balaban J connectivity index is 1.79.